The van der Waals surface area contributed by atoms with Crippen LogP contribution >= 0.6 is 11.6 Å². The summed E-state index contributed by atoms with van der Waals surface area (Å²) in [5.74, 6) is 0.0551. The first-order valence-electron chi connectivity index (χ1n) is 8.00. The van der Waals surface area contributed by atoms with Crippen LogP contribution in [0.15, 0.2) is 24.4 Å². The smallest absolute Gasteiger partial charge is 0.314 e. The van der Waals surface area contributed by atoms with E-state index in [1.807, 2.05) is 25.1 Å². The second-order valence-electron chi connectivity index (χ2n) is 6.61. The third kappa shape index (κ3) is 4.38. The maximum Gasteiger partial charge on any atom is 0.314 e. The van der Waals surface area contributed by atoms with Crippen molar-refractivity contribution in [1.29, 1.82) is 0 Å². The number of rotatable bonds is 7. The van der Waals surface area contributed by atoms with Crippen LogP contribution in [0.1, 0.15) is 42.3 Å². The molecular weight excluding hydrogens is 342 g/mol. The molecule has 0 aliphatic heterocycles. The fourth-order valence-electron chi connectivity index (χ4n) is 2.72. The van der Waals surface area contributed by atoms with Gasteiger partial charge in [-0.2, -0.15) is 0 Å². The van der Waals surface area contributed by atoms with Crippen LogP contribution in [-0.4, -0.2) is 28.1 Å². The average Bonchev–Trinajstić information content (AvgIpc) is 3.00. The van der Waals surface area contributed by atoms with Crippen molar-refractivity contribution in [2.24, 2.45) is 12.5 Å². The highest BCUT2D eigenvalue weighted by atomic mass is 35.5. The van der Waals surface area contributed by atoms with Crippen molar-refractivity contribution in [3.63, 3.8) is 0 Å². The van der Waals surface area contributed by atoms with Crippen LogP contribution in [0.3, 0.4) is 0 Å². The molecule has 136 valence electrons. The minimum atomic E-state index is -0.879. The first-order valence-corrected chi connectivity index (χ1v) is 8.53. The van der Waals surface area contributed by atoms with Gasteiger partial charge in [-0.1, -0.05) is 23.4 Å². The summed E-state index contributed by atoms with van der Waals surface area (Å²) in [5, 5.41) is 7.92. The number of hydrogen-bond acceptors (Lipinski definition) is 5. The van der Waals surface area contributed by atoms with E-state index in [4.69, 9.17) is 21.1 Å². The molecule has 1 heterocycles. The molecule has 25 heavy (non-hydrogen) atoms. The van der Waals surface area contributed by atoms with E-state index in [0.717, 1.165) is 16.7 Å². The van der Waals surface area contributed by atoms with Gasteiger partial charge in [0.25, 0.3) is 0 Å². The Balaban J connectivity index is 2.35. The summed E-state index contributed by atoms with van der Waals surface area (Å²) in [4.78, 5) is 12.3. The van der Waals surface area contributed by atoms with Crippen LogP contribution in [0, 0.1) is 12.3 Å². The Morgan fingerprint density at radius 1 is 1.40 bits per heavy atom. The third-order valence-electron chi connectivity index (χ3n) is 4.23. The maximum absolute atomic E-state index is 12.3. The van der Waals surface area contributed by atoms with E-state index in [0.29, 0.717) is 11.6 Å². The molecule has 0 saturated carbocycles. The molecule has 0 radical (unpaired) electrons. The number of methoxy groups -OCH3 is 1. The molecule has 1 aromatic carbocycles. The van der Waals surface area contributed by atoms with Crippen molar-refractivity contribution >= 4 is 17.6 Å². The topological polar surface area (TPSA) is 66.2 Å². The summed E-state index contributed by atoms with van der Waals surface area (Å²) in [6.45, 7) is 5.85. The molecule has 2 aromatic rings. The molecular formula is C18H24ClN3O3. The van der Waals surface area contributed by atoms with Gasteiger partial charge in [-0.25, -0.2) is 0 Å². The fraction of sp³-hybridized carbons (Fsp3) is 0.500. The number of aryl methyl sites for hydroxylation is 2. The standard InChI is InChI=1S/C18H24ClN3O3/c1-12-6-7-13(8-14(12)9-19)16(18(2,3)17(23)24-5)25-11-15-10-22(4)21-20-15/h6-8,10,16H,9,11H2,1-5H3. The molecule has 7 heteroatoms. The van der Waals surface area contributed by atoms with Gasteiger partial charge in [-0.15, -0.1) is 16.7 Å². The highest BCUT2D eigenvalue weighted by Gasteiger charge is 2.40. The highest BCUT2D eigenvalue weighted by Crippen LogP contribution is 2.39. The Kier molecular flexibility index (Phi) is 6.19. The fourth-order valence-corrected chi connectivity index (χ4v) is 3.01. The van der Waals surface area contributed by atoms with Gasteiger partial charge in [0, 0.05) is 12.9 Å². The van der Waals surface area contributed by atoms with Crippen molar-refractivity contribution in [1.82, 2.24) is 15.0 Å². The van der Waals surface area contributed by atoms with Gasteiger partial charge in [0.1, 0.15) is 5.69 Å². The second-order valence-corrected chi connectivity index (χ2v) is 6.87. The lowest BCUT2D eigenvalue weighted by molar-refractivity contribution is -0.162. The van der Waals surface area contributed by atoms with Gasteiger partial charge in [0.2, 0.25) is 0 Å². The van der Waals surface area contributed by atoms with Crippen molar-refractivity contribution in [2.75, 3.05) is 7.11 Å². The van der Waals surface area contributed by atoms with Gasteiger partial charge >= 0.3 is 5.97 Å². The monoisotopic (exact) mass is 365 g/mol. The molecule has 0 N–H and O–H groups in total. The summed E-state index contributed by atoms with van der Waals surface area (Å²) in [6, 6.07) is 5.92. The highest BCUT2D eigenvalue weighted by molar-refractivity contribution is 6.17. The minimum Gasteiger partial charge on any atom is -0.469 e. The summed E-state index contributed by atoms with van der Waals surface area (Å²) < 4.78 is 12.7. The van der Waals surface area contributed by atoms with Crippen LogP contribution in [0.25, 0.3) is 0 Å². The first kappa shape index (κ1) is 19.4. The number of alkyl halides is 1. The van der Waals surface area contributed by atoms with Crippen LogP contribution in [-0.2, 0) is 33.8 Å². The zero-order valence-corrected chi connectivity index (χ0v) is 16.0. The van der Waals surface area contributed by atoms with Gasteiger partial charge in [-0.3, -0.25) is 9.48 Å². The number of benzene rings is 1. The number of hydrogen-bond donors (Lipinski definition) is 0. The summed E-state index contributed by atoms with van der Waals surface area (Å²) in [5.41, 5.74) is 2.80. The number of nitrogens with zero attached hydrogens (tertiary/aromatic N) is 3. The van der Waals surface area contributed by atoms with Gasteiger partial charge in [0.05, 0.1) is 31.4 Å². The molecule has 1 atom stereocenters. The summed E-state index contributed by atoms with van der Waals surface area (Å²) in [6.07, 6.45) is 1.27. The predicted molar refractivity (Wildman–Crippen MR) is 95.1 cm³/mol. The van der Waals surface area contributed by atoms with E-state index in [2.05, 4.69) is 10.3 Å². The molecule has 0 aliphatic carbocycles. The molecule has 0 saturated heterocycles. The number of halogens is 1. The molecule has 0 fully saturated rings. The molecule has 2 rings (SSSR count). The minimum absolute atomic E-state index is 0.239. The first-order chi connectivity index (χ1) is 11.8. The number of carbonyl (C=O) groups excluding carboxylic acids is 1. The molecule has 0 amide bonds. The molecule has 1 aromatic heterocycles. The lowest BCUT2D eigenvalue weighted by Gasteiger charge is -2.32. The number of aromatic nitrogens is 3. The van der Waals surface area contributed by atoms with Gasteiger partial charge < -0.3 is 9.47 Å². The van der Waals surface area contributed by atoms with E-state index < -0.39 is 11.5 Å². The van der Waals surface area contributed by atoms with E-state index in [1.54, 1.807) is 31.8 Å². The predicted octanol–water partition coefficient (Wildman–Crippen LogP) is 3.32. The Labute approximate surface area is 153 Å². The second kappa shape index (κ2) is 7.97. The van der Waals surface area contributed by atoms with E-state index in [9.17, 15) is 4.79 Å². The SMILES string of the molecule is COC(=O)C(C)(C)C(OCc1cn(C)nn1)c1ccc(C)c(CCl)c1. The van der Waals surface area contributed by atoms with Crippen molar-refractivity contribution < 1.29 is 14.3 Å². The summed E-state index contributed by atoms with van der Waals surface area (Å²) >= 11 is 6.04. The van der Waals surface area contributed by atoms with Crippen LogP contribution < -0.4 is 0 Å². The van der Waals surface area contributed by atoms with E-state index in [1.165, 1.54) is 7.11 Å². The molecule has 0 spiro atoms. The number of esters is 1. The normalized spacial score (nSPS) is 12.9. The van der Waals surface area contributed by atoms with Gasteiger partial charge in [-0.05, 0) is 37.5 Å². The van der Waals surface area contributed by atoms with E-state index in [-0.39, 0.29) is 12.6 Å². The molecule has 1 unspecified atom stereocenters. The Hall–Kier alpha value is -1.92. The zero-order chi connectivity index (χ0) is 18.6. The lowest BCUT2D eigenvalue weighted by Crippen LogP contribution is -2.34. The Morgan fingerprint density at radius 2 is 2.12 bits per heavy atom. The Bertz CT molecular complexity index is 743. The number of carbonyl (C=O) groups is 1. The van der Waals surface area contributed by atoms with E-state index >= 15 is 0 Å². The van der Waals surface area contributed by atoms with Crippen molar-refractivity contribution in [3.05, 3.63) is 46.8 Å². The third-order valence-corrected chi connectivity index (χ3v) is 4.52. The maximum atomic E-state index is 12.3. The van der Waals surface area contributed by atoms with Crippen LogP contribution in [0.5, 0.6) is 0 Å². The zero-order valence-electron chi connectivity index (χ0n) is 15.2. The van der Waals surface area contributed by atoms with Crippen molar-refractivity contribution in [2.45, 2.75) is 39.4 Å². The largest absolute Gasteiger partial charge is 0.469 e. The average molecular weight is 366 g/mol. The van der Waals surface area contributed by atoms with Crippen LogP contribution in [0.2, 0.25) is 0 Å². The van der Waals surface area contributed by atoms with Gasteiger partial charge in [0.15, 0.2) is 0 Å². The quantitative estimate of drug-likeness (QED) is 0.556. The summed E-state index contributed by atoms with van der Waals surface area (Å²) in [7, 11) is 3.17. The lowest BCUT2D eigenvalue weighted by atomic mass is 9.81. The molecule has 0 bridgehead atoms. The Morgan fingerprint density at radius 3 is 2.68 bits per heavy atom. The molecule has 6 nitrogen and oxygen atoms in total. The van der Waals surface area contributed by atoms with Crippen LogP contribution in [0.4, 0.5) is 0 Å². The molecule has 0 aliphatic rings. The number of ether oxygens (including phenoxy) is 2. The van der Waals surface area contributed by atoms with Crippen molar-refractivity contribution in [3.8, 4) is 0 Å².